The number of halogens is 1. The molecule has 0 aliphatic carbocycles. The molecule has 4 heteroatoms. The van der Waals surface area contributed by atoms with E-state index in [0.29, 0.717) is 16.5 Å². The predicted molar refractivity (Wildman–Crippen MR) is 85.3 cm³/mol. The summed E-state index contributed by atoms with van der Waals surface area (Å²) in [6.07, 6.45) is 1.79. The number of rotatable bonds is 3. The molecule has 0 amide bonds. The Kier molecular flexibility index (Phi) is 3.67. The summed E-state index contributed by atoms with van der Waals surface area (Å²) in [5.41, 5.74) is 1.90. The number of hydrogen-bond acceptors (Lipinski definition) is 3. The lowest BCUT2D eigenvalue weighted by molar-refractivity contribution is 0.356. The van der Waals surface area contributed by atoms with Crippen molar-refractivity contribution in [3.8, 4) is 22.8 Å². The van der Waals surface area contributed by atoms with Crippen molar-refractivity contribution in [2.45, 2.75) is 0 Å². The summed E-state index contributed by atoms with van der Waals surface area (Å²) in [5.74, 6) is 1.39. The van der Waals surface area contributed by atoms with Crippen LogP contribution in [0.25, 0.3) is 22.0 Å². The Bertz CT molecular complexity index is 785. The van der Waals surface area contributed by atoms with E-state index in [0.717, 1.165) is 22.0 Å². The monoisotopic (exact) mass is 299 g/mol. The molecular formula is C17H14ClNO2. The van der Waals surface area contributed by atoms with Crippen molar-refractivity contribution < 1.29 is 9.47 Å². The Balaban J connectivity index is 2.26. The standard InChI is InChI=1S/C17H14ClNO2/c1-20-15-9-12-7-8-19-17(14(12)10-16(15)21-2)11-3-5-13(18)6-4-11/h3-10H,1-2H3. The normalized spacial score (nSPS) is 10.6. The maximum Gasteiger partial charge on any atom is 0.161 e. The molecule has 21 heavy (non-hydrogen) atoms. The van der Waals surface area contributed by atoms with Crippen LogP contribution in [0.2, 0.25) is 5.02 Å². The highest BCUT2D eigenvalue weighted by Gasteiger charge is 2.11. The van der Waals surface area contributed by atoms with Crippen molar-refractivity contribution in [3.05, 3.63) is 53.7 Å². The SMILES string of the molecule is COc1cc2ccnc(-c3ccc(Cl)cc3)c2cc1OC. The van der Waals surface area contributed by atoms with Crippen LogP contribution in [-0.4, -0.2) is 19.2 Å². The molecule has 0 saturated heterocycles. The van der Waals surface area contributed by atoms with E-state index in [1.807, 2.05) is 42.5 Å². The zero-order valence-corrected chi connectivity index (χ0v) is 12.5. The first-order valence-electron chi connectivity index (χ1n) is 6.49. The minimum atomic E-state index is 0.688. The van der Waals surface area contributed by atoms with E-state index in [4.69, 9.17) is 21.1 Å². The molecule has 0 radical (unpaired) electrons. The van der Waals surface area contributed by atoms with Crippen LogP contribution in [-0.2, 0) is 0 Å². The van der Waals surface area contributed by atoms with Gasteiger partial charge < -0.3 is 9.47 Å². The van der Waals surface area contributed by atoms with Gasteiger partial charge >= 0.3 is 0 Å². The predicted octanol–water partition coefficient (Wildman–Crippen LogP) is 4.57. The lowest BCUT2D eigenvalue weighted by Gasteiger charge is -2.11. The van der Waals surface area contributed by atoms with Crippen LogP contribution in [0.3, 0.4) is 0 Å². The second kappa shape index (κ2) is 5.62. The zero-order chi connectivity index (χ0) is 14.8. The third kappa shape index (κ3) is 2.52. The van der Waals surface area contributed by atoms with Crippen LogP contribution < -0.4 is 9.47 Å². The average molecular weight is 300 g/mol. The van der Waals surface area contributed by atoms with Gasteiger partial charge in [0.15, 0.2) is 11.5 Å². The topological polar surface area (TPSA) is 31.4 Å². The van der Waals surface area contributed by atoms with E-state index in [2.05, 4.69) is 4.98 Å². The molecule has 0 fully saturated rings. The van der Waals surface area contributed by atoms with Gasteiger partial charge in [0.1, 0.15) is 0 Å². The van der Waals surface area contributed by atoms with Crippen molar-refractivity contribution in [3.63, 3.8) is 0 Å². The fourth-order valence-electron chi connectivity index (χ4n) is 2.34. The summed E-state index contributed by atoms with van der Waals surface area (Å²) in [7, 11) is 3.26. The summed E-state index contributed by atoms with van der Waals surface area (Å²) in [4.78, 5) is 4.50. The highest BCUT2D eigenvalue weighted by Crippen LogP contribution is 2.36. The molecule has 0 spiro atoms. The number of methoxy groups -OCH3 is 2. The summed E-state index contributed by atoms with van der Waals surface area (Å²) in [6.45, 7) is 0. The summed E-state index contributed by atoms with van der Waals surface area (Å²) < 4.78 is 10.7. The molecular weight excluding hydrogens is 286 g/mol. The molecule has 0 N–H and O–H groups in total. The number of nitrogens with zero attached hydrogens (tertiary/aromatic N) is 1. The second-order valence-corrected chi connectivity index (χ2v) is 5.03. The van der Waals surface area contributed by atoms with E-state index in [9.17, 15) is 0 Å². The molecule has 0 aliphatic heterocycles. The number of aromatic nitrogens is 1. The minimum Gasteiger partial charge on any atom is -0.493 e. The lowest BCUT2D eigenvalue weighted by Crippen LogP contribution is -1.92. The van der Waals surface area contributed by atoms with Crippen molar-refractivity contribution in [1.29, 1.82) is 0 Å². The number of benzene rings is 2. The highest BCUT2D eigenvalue weighted by molar-refractivity contribution is 6.30. The molecule has 0 saturated carbocycles. The molecule has 106 valence electrons. The molecule has 1 heterocycles. The first-order chi connectivity index (χ1) is 10.2. The Hall–Kier alpha value is -2.26. The maximum absolute atomic E-state index is 5.95. The van der Waals surface area contributed by atoms with Gasteiger partial charge in [-0.2, -0.15) is 0 Å². The number of fused-ring (bicyclic) bond motifs is 1. The highest BCUT2D eigenvalue weighted by atomic mass is 35.5. The second-order valence-electron chi connectivity index (χ2n) is 4.59. The van der Waals surface area contributed by atoms with Crippen molar-refractivity contribution in [1.82, 2.24) is 4.98 Å². The quantitative estimate of drug-likeness (QED) is 0.710. The molecule has 3 aromatic rings. The molecule has 0 aliphatic rings. The van der Waals surface area contributed by atoms with Crippen LogP contribution in [0, 0.1) is 0 Å². The van der Waals surface area contributed by atoms with Crippen LogP contribution in [0.1, 0.15) is 0 Å². The molecule has 2 aromatic carbocycles. The minimum absolute atomic E-state index is 0.688. The summed E-state index contributed by atoms with van der Waals surface area (Å²) in [6, 6.07) is 13.5. The van der Waals surface area contributed by atoms with Crippen LogP contribution in [0.4, 0.5) is 0 Å². The van der Waals surface area contributed by atoms with Gasteiger partial charge in [-0.05, 0) is 35.7 Å². The fraction of sp³-hybridized carbons (Fsp3) is 0.118. The Morgan fingerprint density at radius 3 is 2.24 bits per heavy atom. The molecule has 3 rings (SSSR count). The molecule has 3 nitrogen and oxygen atoms in total. The smallest absolute Gasteiger partial charge is 0.161 e. The largest absolute Gasteiger partial charge is 0.493 e. The van der Waals surface area contributed by atoms with E-state index in [-0.39, 0.29) is 0 Å². The maximum atomic E-state index is 5.95. The lowest BCUT2D eigenvalue weighted by atomic mass is 10.0. The van der Waals surface area contributed by atoms with Gasteiger partial charge in [0.05, 0.1) is 19.9 Å². The van der Waals surface area contributed by atoms with Gasteiger partial charge in [-0.1, -0.05) is 23.7 Å². The van der Waals surface area contributed by atoms with E-state index in [1.165, 1.54) is 0 Å². The van der Waals surface area contributed by atoms with Gasteiger partial charge in [0.2, 0.25) is 0 Å². The molecule has 1 aromatic heterocycles. The Labute approximate surface area is 128 Å². The van der Waals surface area contributed by atoms with Crippen LogP contribution in [0.5, 0.6) is 11.5 Å². The van der Waals surface area contributed by atoms with E-state index < -0.39 is 0 Å². The van der Waals surface area contributed by atoms with Crippen LogP contribution in [0.15, 0.2) is 48.7 Å². The summed E-state index contributed by atoms with van der Waals surface area (Å²) >= 11 is 5.95. The zero-order valence-electron chi connectivity index (χ0n) is 11.8. The first-order valence-corrected chi connectivity index (χ1v) is 6.87. The molecule has 0 bridgehead atoms. The van der Waals surface area contributed by atoms with E-state index in [1.54, 1.807) is 20.4 Å². The van der Waals surface area contributed by atoms with Gasteiger partial charge in [0.25, 0.3) is 0 Å². The van der Waals surface area contributed by atoms with Gasteiger partial charge in [-0.15, -0.1) is 0 Å². The average Bonchev–Trinajstić information content (AvgIpc) is 2.53. The Morgan fingerprint density at radius 1 is 0.905 bits per heavy atom. The molecule has 0 unspecified atom stereocenters. The van der Waals surface area contributed by atoms with E-state index >= 15 is 0 Å². The van der Waals surface area contributed by atoms with Crippen molar-refractivity contribution >= 4 is 22.4 Å². The Morgan fingerprint density at radius 2 is 1.57 bits per heavy atom. The third-order valence-corrected chi connectivity index (χ3v) is 3.64. The van der Waals surface area contributed by atoms with Gasteiger partial charge in [-0.3, -0.25) is 4.98 Å². The number of ether oxygens (including phenoxy) is 2. The van der Waals surface area contributed by atoms with Crippen molar-refractivity contribution in [2.75, 3.05) is 14.2 Å². The molecule has 0 atom stereocenters. The fourth-order valence-corrected chi connectivity index (χ4v) is 2.46. The van der Waals surface area contributed by atoms with Crippen LogP contribution >= 0.6 is 11.6 Å². The first kappa shape index (κ1) is 13.7. The summed E-state index contributed by atoms with van der Waals surface area (Å²) in [5, 5.41) is 2.77. The van der Waals surface area contributed by atoms with Gasteiger partial charge in [0, 0.05) is 22.2 Å². The van der Waals surface area contributed by atoms with Crippen molar-refractivity contribution in [2.24, 2.45) is 0 Å². The van der Waals surface area contributed by atoms with Gasteiger partial charge in [-0.25, -0.2) is 0 Å². The number of pyridine rings is 1. The third-order valence-electron chi connectivity index (χ3n) is 3.39. The number of hydrogen-bond donors (Lipinski definition) is 0.